The molecule has 0 spiro atoms. The molecule has 0 N–H and O–H groups in total. The number of piperazine rings is 1. The van der Waals surface area contributed by atoms with Crippen LogP contribution in [0.3, 0.4) is 0 Å². The largest absolute Gasteiger partial charge is 0.492 e. The Kier molecular flexibility index (Phi) is 5.08. The maximum absolute atomic E-state index is 13.0. The summed E-state index contributed by atoms with van der Waals surface area (Å²) in [7, 11) is 0. The fourth-order valence-electron chi connectivity index (χ4n) is 2.71. The average Bonchev–Trinajstić information content (AvgIpc) is 2.58. The maximum atomic E-state index is 13.0. The lowest BCUT2D eigenvalue weighted by molar-refractivity contribution is 0.200. The van der Waals surface area contributed by atoms with Crippen LogP contribution in [0.25, 0.3) is 0 Å². The quantitative estimate of drug-likeness (QED) is 0.842. The molecule has 2 aromatic carbocycles. The first-order valence-corrected chi connectivity index (χ1v) is 7.82. The SMILES string of the molecule is Fc1ccc(OCCN2CCN(c3ccc(F)cc3)CC2)cc1. The summed E-state index contributed by atoms with van der Waals surface area (Å²) >= 11 is 0. The van der Waals surface area contributed by atoms with Crippen LogP contribution in [0.5, 0.6) is 5.75 Å². The Morgan fingerprint density at radius 1 is 0.783 bits per heavy atom. The summed E-state index contributed by atoms with van der Waals surface area (Å²) in [6.45, 7) is 5.16. The molecule has 3 rings (SSSR count). The molecule has 1 fully saturated rings. The highest BCUT2D eigenvalue weighted by Crippen LogP contribution is 2.17. The normalized spacial score (nSPS) is 15.7. The predicted octanol–water partition coefficient (Wildman–Crippen LogP) is 3.17. The number of nitrogens with zero attached hydrogens (tertiary/aromatic N) is 2. The maximum Gasteiger partial charge on any atom is 0.123 e. The van der Waals surface area contributed by atoms with E-state index in [2.05, 4.69) is 9.80 Å². The molecule has 0 saturated carbocycles. The third kappa shape index (κ3) is 4.42. The fraction of sp³-hybridized carbons (Fsp3) is 0.333. The number of ether oxygens (including phenoxy) is 1. The molecule has 1 heterocycles. The molecular weight excluding hydrogens is 298 g/mol. The van der Waals surface area contributed by atoms with Gasteiger partial charge in [0.25, 0.3) is 0 Å². The highest BCUT2D eigenvalue weighted by atomic mass is 19.1. The lowest BCUT2D eigenvalue weighted by Crippen LogP contribution is -2.47. The highest BCUT2D eigenvalue weighted by molar-refractivity contribution is 5.46. The van der Waals surface area contributed by atoms with E-state index in [0.29, 0.717) is 12.4 Å². The van der Waals surface area contributed by atoms with Gasteiger partial charge in [-0.25, -0.2) is 8.78 Å². The first-order valence-electron chi connectivity index (χ1n) is 7.82. The molecule has 23 heavy (non-hydrogen) atoms. The Morgan fingerprint density at radius 3 is 1.96 bits per heavy atom. The van der Waals surface area contributed by atoms with E-state index in [-0.39, 0.29) is 11.6 Å². The van der Waals surface area contributed by atoms with Gasteiger partial charge in [-0.05, 0) is 48.5 Å². The molecule has 0 aliphatic carbocycles. The molecule has 5 heteroatoms. The zero-order valence-corrected chi connectivity index (χ0v) is 12.9. The van der Waals surface area contributed by atoms with E-state index < -0.39 is 0 Å². The monoisotopic (exact) mass is 318 g/mol. The van der Waals surface area contributed by atoms with Crippen molar-refractivity contribution < 1.29 is 13.5 Å². The molecule has 1 aliphatic rings. The van der Waals surface area contributed by atoms with Crippen LogP contribution >= 0.6 is 0 Å². The van der Waals surface area contributed by atoms with Gasteiger partial charge in [0.1, 0.15) is 24.0 Å². The number of hydrogen-bond acceptors (Lipinski definition) is 3. The molecule has 2 aromatic rings. The number of anilines is 1. The van der Waals surface area contributed by atoms with Crippen molar-refractivity contribution in [1.29, 1.82) is 0 Å². The van der Waals surface area contributed by atoms with Gasteiger partial charge in [-0.1, -0.05) is 0 Å². The van der Waals surface area contributed by atoms with Crippen LogP contribution in [-0.2, 0) is 0 Å². The zero-order chi connectivity index (χ0) is 16.1. The van der Waals surface area contributed by atoms with Gasteiger partial charge < -0.3 is 9.64 Å². The zero-order valence-electron chi connectivity index (χ0n) is 12.9. The van der Waals surface area contributed by atoms with Crippen molar-refractivity contribution >= 4 is 5.69 Å². The second kappa shape index (κ2) is 7.42. The second-order valence-corrected chi connectivity index (χ2v) is 5.61. The second-order valence-electron chi connectivity index (χ2n) is 5.61. The number of rotatable bonds is 5. The summed E-state index contributed by atoms with van der Waals surface area (Å²) in [6, 6.07) is 12.7. The summed E-state index contributed by atoms with van der Waals surface area (Å²) in [4.78, 5) is 4.60. The Labute approximate surface area is 135 Å². The molecule has 1 saturated heterocycles. The minimum Gasteiger partial charge on any atom is -0.492 e. The molecule has 1 aliphatic heterocycles. The summed E-state index contributed by atoms with van der Waals surface area (Å²) < 4.78 is 31.4. The van der Waals surface area contributed by atoms with E-state index in [1.54, 1.807) is 12.1 Å². The van der Waals surface area contributed by atoms with Gasteiger partial charge in [0.2, 0.25) is 0 Å². The Hall–Kier alpha value is -2.14. The summed E-state index contributed by atoms with van der Waals surface area (Å²) in [6.07, 6.45) is 0. The molecule has 3 nitrogen and oxygen atoms in total. The summed E-state index contributed by atoms with van der Waals surface area (Å²) in [5, 5.41) is 0. The third-order valence-electron chi connectivity index (χ3n) is 4.05. The predicted molar refractivity (Wildman–Crippen MR) is 86.9 cm³/mol. The van der Waals surface area contributed by atoms with E-state index in [9.17, 15) is 8.78 Å². The van der Waals surface area contributed by atoms with Crippen molar-refractivity contribution in [3.05, 3.63) is 60.2 Å². The van der Waals surface area contributed by atoms with Gasteiger partial charge in [-0.2, -0.15) is 0 Å². The van der Waals surface area contributed by atoms with E-state index in [0.717, 1.165) is 38.4 Å². The minimum absolute atomic E-state index is 0.203. The number of benzene rings is 2. The highest BCUT2D eigenvalue weighted by Gasteiger charge is 2.16. The van der Waals surface area contributed by atoms with Crippen LogP contribution in [0.2, 0.25) is 0 Å². The van der Waals surface area contributed by atoms with Crippen LogP contribution in [-0.4, -0.2) is 44.2 Å². The van der Waals surface area contributed by atoms with E-state index in [4.69, 9.17) is 4.74 Å². The Balaban J connectivity index is 1.40. The molecule has 0 aromatic heterocycles. The van der Waals surface area contributed by atoms with Crippen molar-refractivity contribution in [3.63, 3.8) is 0 Å². The summed E-state index contributed by atoms with van der Waals surface area (Å²) in [5.74, 6) is 0.232. The lowest BCUT2D eigenvalue weighted by atomic mass is 10.2. The van der Waals surface area contributed by atoms with Gasteiger partial charge in [0.05, 0.1) is 0 Å². The lowest BCUT2D eigenvalue weighted by Gasteiger charge is -2.36. The average molecular weight is 318 g/mol. The van der Waals surface area contributed by atoms with E-state index >= 15 is 0 Å². The van der Waals surface area contributed by atoms with Crippen molar-refractivity contribution in [2.75, 3.05) is 44.2 Å². The molecule has 0 unspecified atom stereocenters. The van der Waals surface area contributed by atoms with Crippen LogP contribution in [0, 0.1) is 11.6 Å². The van der Waals surface area contributed by atoms with Crippen LogP contribution < -0.4 is 9.64 Å². The standard InChI is InChI=1S/C18H20F2N2O/c19-15-1-5-17(6-2-15)22-11-9-21(10-12-22)13-14-23-18-7-3-16(20)4-8-18/h1-8H,9-14H2. The Morgan fingerprint density at radius 2 is 1.35 bits per heavy atom. The molecule has 0 bridgehead atoms. The van der Waals surface area contributed by atoms with Gasteiger partial charge in [0.15, 0.2) is 0 Å². The molecular formula is C18H20F2N2O. The fourth-order valence-corrected chi connectivity index (χ4v) is 2.71. The van der Waals surface area contributed by atoms with Gasteiger partial charge >= 0.3 is 0 Å². The van der Waals surface area contributed by atoms with E-state index in [1.165, 1.54) is 24.3 Å². The molecule has 0 radical (unpaired) electrons. The van der Waals surface area contributed by atoms with Crippen LogP contribution in [0.1, 0.15) is 0 Å². The van der Waals surface area contributed by atoms with Crippen LogP contribution in [0.4, 0.5) is 14.5 Å². The summed E-state index contributed by atoms with van der Waals surface area (Å²) in [5.41, 5.74) is 1.06. The molecule has 0 amide bonds. The topological polar surface area (TPSA) is 15.7 Å². The number of hydrogen-bond donors (Lipinski definition) is 0. The van der Waals surface area contributed by atoms with Crippen molar-refractivity contribution in [1.82, 2.24) is 4.90 Å². The van der Waals surface area contributed by atoms with Crippen LogP contribution in [0.15, 0.2) is 48.5 Å². The number of halogens is 2. The van der Waals surface area contributed by atoms with Crippen molar-refractivity contribution in [2.45, 2.75) is 0 Å². The first-order chi connectivity index (χ1) is 11.2. The van der Waals surface area contributed by atoms with Crippen molar-refractivity contribution in [3.8, 4) is 5.75 Å². The van der Waals surface area contributed by atoms with Gasteiger partial charge in [-0.3, -0.25) is 4.90 Å². The molecule has 0 atom stereocenters. The smallest absolute Gasteiger partial charge is 0.123 e. The van der Waals surface area contributed by atoms with E-state index in [1.807, 2.05) is 12.1 Å². The third-order valence-corrected chi connectivity index (χ3v) is 4.05. The first kappa shape index (κ1) is 15.7. The van der Waals surface area contributed by atoms with Gasteiger partial charge in [0, 0.05) is 38.4 Å². The molecule has 122 valence electrons. The minimum atomic E-state index is -0.255. The van der Waals surface area contributed by atoms with Crippen molar-refractivity contribution in [2.24, 2.45) is 0 Å². The van der Waals surface area contributed by atoms with Gasteiger partial charge in [-0.15, -0.1) is 0 Å². The Bertz CT molecular complexity index is 605.